The Labute approximate surface area is 222 Å². The van der Waals surface area contributed by atoms with Gasteiger partial charge in [-0.3, -0.25) is 19.4 Å². The van der Waals surface area contributed by atoms with Crippen molar-refractivity contribution in [2.24, 2.45) is 0 Å². The van der Waals surface area contributed by atoms with Crippen molar-refractivity contribution in [1.82, 2.24) is 14.8 Å². The number of benzene rings is 3. The smallest absolute Gasteiger partial charge is 0.264 e. The zero-order chi connectivity index (χ0) is 26.5. The Morgan fingerprint density at radius 2 is 1.68 bits per heavy atom. The number of pyridine rings is 1. The van der Waals surface area contributed by atoms with E-state index in [0.29, 0.717) is 29.9 Å². The minimum atomic E-state index is -3.85. The van der Waals surface area contributed by atoms with Gasteiger partial charge in [-0.05, 0) is 60.5 Å². The van der Waals surface area contributed by atoms with Crippen molar-refractivity contribution in [2.45, 2.75) is 17.9 Å². The molecule has 1 saturated heterocycles. The molecule has 2 heterocycles. The van der Waals surface area contributed by atoms with Crippen LogP contribution < -0.4 is 9.46 Å². The highest BCUT2D eigenvalue weighted by molar-refractivity contribution is 7.93. The molecule has 1 amide bonds. The summed E-state index contributed by atoms with van der Waals surface area (Å²) in [5, 5.41) is 0.747. The van der Waals surface area contributed by atoms with Gasteiger partial charge in [0.25, 0.3) is 15.9 Å². The maximum absolute atomic E-state index is 13.2. The molecule has 38 heavy (non-hydrogen) atoms. The number of aromatic nitrogens is 1. The van der Waals surface area contributed by atoms with E-state index in [0.717, 1.165) is 37.2 Å². The summed E-state index contributed by atoms with van der Waals surface area (Å²) < 4.78 is 34.0. The summed E-state index contributed by atoms with van der Waals surface area (Å²) >= 11 is 0. The summed E-state index contributed by atoms with van der Waals surface area (Å²) in [6.07, 6.45) is 2.46. The molecule has 3 aromatic carbocycles. The third-order valence-electron chi connectivity index (χ3n) is 6.71. The van der Waals surface area contributed by atoms with E-state index in [9.17, 15) is 13.2 Å². The number of hydrogen-bond acceptors (Lipinski definition) is 6. The summed E-state index contributed by atoms with van der Waals surface area (Å²) in [5.74, 6) is 0.787. The lowest BCUT2D eigenvalue weighted by Gasteiger charge is -2.22. The monoisotopic (exact) mass is 530 g/mol. The van der Waals surface area contributed by atoms with E-state index in [1.54, 1.807) is 49.7 Å². The first kappa shape index (κ1) is 25.7. The molecule has 0 radical (unpaired) electrons. The molecule has 0 saturated carbocycles. The topological polar surface area (TPSA) is 91.8 Å². The number of methoxy groups -OCH3 is 1. The van der Waals surface area contributed by atoms with Crippen LogP contribution in [0.25, 0.3) is 10.9 Å². The minimum Gasteiger partial charge on any atom is -0.497 e. The van der Waals surface area contributed by atoms with E-state index in [1.807, 2.05) is 29.2 Å². The van der Waals surface area contributed by atoms with Gasteiger partial charge in [0, 0.05) is 55.6 Å². The molecule has 196 valence electrons. The molecule has 4 aromatic rings. The molecular formula is C29H30N4O4S. The molecule has 8 nitrogen and oxygen atoms in total. The summed E-state index contributed by atoms with van der Waals surface area (Å²) in [6, 6.07) is 23.3. The number of nitrogens with one attached hydrogen (secondary N) is 1. The van der Waals surface area contributed by atoms with Crippen LogP contribution in [0.5, 0.6) is 5.75 Å². The van der Waals surface area contributed by atoms with Gasteiger partial charge in [-0.1, -0.05) is 30.3 Å². The SMILES string of the molecule is COc1ccc(CN2CCCN(C(=O)c3ccc(NS(=O)(=O)c4cccc5cccnc45)cc3)CC2)cc1. The number of rotatable bonds is 7. The maximum Gasteiger partial charge on any atom is 0.264 e. The lowest BCUT2D eigenvalue weighted by molar-refractivity contribution is 0.0761. The van der Waals surface area contributed by atoms with E-state index >= 15 is 0 Å². The molecule has 0 aliphatic carbocycles. The molecule has 0 bridgehead atoms. The average molecular weight is 531 g/mol. The number of fused-ring (bicyclic) bond motifs is 1. The van der Waals surface area contributed by atoms with Crippen molar-refractivity contribution in [3.8, 4) is 5.75 Å². The molecule has 1 aromatic heterocycles. The predicted octanol–water partition coefficient (Wildman–Crippen LogP) is 4.39. The van der Waals surface area contributed by atoms with Crippen molar-refractivity contribution in [3.63, 3.8) is 0 Å². The Balaban J connectivity index is 1.21. The van der Waals surface area contributed by atoms with Gasteiger partial charge < -0.3 is 9.64 Å². The summed E-state index contributed by atoms with van der Waals surface area (Å²) in [4.78, 5) is 21.8. The van der Waals surface area contributed by atoms with Crippen molar-refractivity contribution >= 4 is 32.5 Å². The van der Waals surface area contributed by atoms with Crippen LogP contribution >= 0.6 is 0 Å². The number of carbonyl (C=O) groups excluding carboxylic acids is 1. The molecule has 9 heteroatoms. The number of para-hydroxylation sites is 1. The van der Waals surface area contributed by atoms with Gasteiger partial charge in [-0.2, -0.15) is 0 Å². The summed E-state index contributed by atoms with van der Waals surface area (Å²) in [6.45, 7) is 3.85. The first-order valence-electron chi connectivity index (χ1n) is 12.5. The largest absolute Gasteiger partial charge is 0.497 e. The lowest BCUT2D eigenvalue weighted by atomic mass is 10.2. The molecule has 0 unspecified atom stereocenters. The number of anilines is 1. The predicted molar refractivity (Wildman–Crippen MR) is 148 cm³/mol. The van der Waals surface area contributed by atoms with Crippen LogP contribution in [0.2, 0.25) is 0 Å². The van der Waals surface area contributed by atoms with Crippen molar-refractivity contribution in [1.29, 1.82) is 0 Å². The van der Waals surface area contributed by atoms with Crippen LogP contribution in [0.15, 0.2) is 90.0 Å². The zero-order valence-electron chi connectivity index (χ0n) is 21.2. The maximum atomic E-state index is 13.2. The number of hydrogen-bond donors (Lipinski definition) is 1. The van der Waals surface area contributed by atoms with E-state index < -0.39 is 10.0 Å². The molecule has 1 N–H and O–H groups in total. The fraction of sp³-hybridized carbons (Fsp3) is 0.241. The third-order valence-corrected chi connectivity index (χ3v) is 8.12. The number of carbonyl (C=O) groups is 1. The van der Waals surface area contributed by atoms with Crippen molar-refractivity contribution in [2.75, 3.05) is 38.0 Å². The molecular weight excluding hydrogens is 500 g/mol. The molecule has 1 aliphatic heterocycles. The van der Waals surface area contributed by atoms with Crippen LogP contribution in [-0.4, -0.2) is 62.4 Å². The fourth-order valence-electron chi connectivity index (χ4n) is 4.69. The van der Waals surface area contributed by atoms with E-state index in [-0.39, 0.29) is 10.8 Å². The van der Waals surface area contributed by atoms with Gasteiger partial charge in [0.15, 0.2) is 0 Å². The van der Waals surface area contributed by atoms with Crippen LogP contribution in [-0.2, 0) is 16.6 Å². The van der Waals surface area contributed by atoms with Gasteiger partial charge in [0.2, 0.25) is 0 Å². The quantitative estimate of drug-likeness (QED) is 0.381. The first-order valence-corrected chi connectivity index (χ1v) is 14.0. The summed E-state index contributed by atoms with van der Waals surface area (Å²) in [5.41, 5.74) is 2.54. The van der Waals surface area contributed by atoms with Crippen LogP contribution in [0, 0.1) is 0 Å². The number of amides is 1. The van der Waals surface area contributed by atoms with Crippen LogP contribution in [0.3, 0.4) is 0 Å². The molecule has 1 fully saturated rings. The van der Waals surface area contributed by atoms with Crippen molar-refractivity contribution in [3.05, 3.63) is 96.2 Å². The lowest BCUT2D eigenvalue weighted by Crippen LogP contribution is -2.35. The average Bonchev–Trinajstić information content (AvgIpc) is 3.18. The minimum absolute atomic E-state index is 0.0519. The van der Waals surface area contributed by atoms with E-state index in [4.69, 9.17) is 4.74 Å². The highest BCUT2D eigenvalue weighted by Crippen LogP contribution is 2.24. The van der Waals surface area contributed by atoms with Crippen LogP contribution in [0.1, 0.15) is 22.3 Å². The van der Waals surface area contributed by atoms with E-state index in [2.05, 4.69) is 26.7 Å². The van der Waals surface area contributed by atoms with Gasteiger partial charge in [-0.25, -0.2) is 8.42 Å². The highest BCUT2D eigenvalue weighted by Gasteiger charge is 2.22. The van der Waals surface area contributed by atoms with Gasteiger partial charge >= 0.3 is 0 Å². The first-order chi connectivity index (χ1) is 18.4. The second-order valence-corrected chi connectivity index (χ2v) is 10.9. The van der Waals surface area contributed by atoms with Gasteiger partial charge in [0.1, 0.15) is 10.6 Å². The Kier molecular flexibility index (Phi) is 7.57. The Morgan fingerprint density at radius 1 is 0.921 bits per heavy atom. The Bertz CT molecular complexity index is 1520. The molecule has 5 rings (SSSR count). The highest BCUT2D eigenvalue weighted by atomic mass is 32.2. The third kappa shape index (κ3) is 5.79. The second-order valence-electron chi connectivity index (χ2n) is 9.28. The molecule has 0 atom stereocenters. The summed E-state index contributed by atoms with van der Waals surface area (Å²) in [7, 11) is -2.20. The number of nitrogens with zero attached hydrogens (tertiary/aromatic N) is 3. The normalized spacial score (nSPS) is 14.7. The standard InChI is InChI=1S/C29H30N4O4S/c1-37-26-14-8-22(9-15-26)21-32-17-4-18-33(20-19-32)29(34)24-10-12-25(13-11-24)31-38(35,36)27-7-2-5-23-6-3-16-30-28(23)27/h2-3,5-16,31H,4,17-21H2,1H3. The number of sulfonamides is 1. The zero-order valence-corrected chi connectivity index (χ0v) is 22.0. The van der Waals surface area contributed by atoms with Crippen LogP contribution in [0.4, 0.5) is 5.69 Å². The van der Waals surface area contributed by atoms with Gasteiger partial charge in [-0.15, -0.1) is 0 Å². The Morgan fingerprint density at radius 3 is 2.45 bits per heavy atom. The molecule has 0 spiro atoms. The second kappa shape index (κ2) is 11.2. The van der Waals surface area contributed by atoms with E-state index in [1.165, 1.54) is 11.6 Å². The molecule has 1 aliphatic rings. The van der Waals surface area contributed by atoms with Crippen molar-refractivity contribution < 1.29 is 17.9 Å². The number of ether oxygens (including phenoxy) is 1. The fourth-order valence-corrected chi connectivity index (χ4v) is 5.93. The van der Waals surface area contributed by atoms with Gasteiger partial charge in [0.05, 0.1) is 12.6 Å². The Hall–Kier alpha value is -3.95.